The zero-order valence-electron chi connectivity index (χ0n) is 16.1. The summed E-state index contributed by atoms with van der Waals surface area (Å²) in [5.41, 5.74) is 7.75. The van der Waals surface area contributed by atoms with E-state index in [0.29, 0.717) is 23.6 Å². The molecule has 0 amide bonds. The monoisotopic (exact) mass is 415 g/mol. The van der Waals surface area contributed by atoms with E-state index in [1.54, 1.807) is 25.3 Å². The SMILES string of the molecule is COc1c[c]c(N2CCCC[C@@H]2COc2cccc3c2C(N)=NS(=O)(=O)N3)cc1. The van der Waals surface area contributed by atoms with Gasteiger partial charge < -0.3 is 20.1 Å². The second kappa shape index (κ2) is 7.82. The molecule has 1 radical (unpaired) electrons. The molecule has 2 heterocycles. The first-order valence-corrected chi connectivity index (χ1v) is 10.9. The number of fused-ring (bicyclic) bond motifs is 1. The van der Waals surface area contributed by atoms with Crippen molar-refractivity contribution in [2.45, 2.75) is 25.3 Å². The van der Waals surface area contributed by atoms with Gasteiger partial charge in [-0.2, -0.15) is 8.42 Å². The first-order valence-electron chi connectivity index (χ1n) is 9.43. The number of nitrogens with two attached hydrogens (primary N) is 1. The van der Waals surface area contributed by atoms with Crippen LogP contribution >= 0.6 is 0 Å². The van der Waals surface area contributed by atoms with Crippen molar-refractivity contribution in [2.75, 3.05) is 29.9 Å². The van der Waals surface area contributed by atoms with Crippen LogP contribution in [0.3, 0.4) is 0 Å². The number of nitrogens with zero attached hydrogens (tertiary/aromatic N) is 2. The maximum atomic E-state index is 11.7. The summed E-state index contributed by atoms with van der Waals surface area (Å²) in [5, 5.41) is 0. The summed E-state index contributed by atoms with van der Waals surface area (Å²) in [6.45, 7) is 1.36. The number of ether oxygens (including phenoxy) is 2. The molecule has 2 aliphatic heterocycles. The molecule has 9 heteroatoms. The van der Waals surface area contributed by atoms with Crippen molar-refractivity contribution in [3.8, 4) is 11.5 Å². The molecule has 1 fully saturated rings. The lowest BCUT2D eigenvalue weighted by molar-refractivity contribution is 0.260. The van der Waals surface area contributed by atoms with Gasteiger partial charge in [0.25, 0.3) is 0 Å². The Morgan fingerprint density at radius 2 is 2.17 bits per heavy atom. The van der Waals surface area contributed by atoms with Gasteiger partial charge in [-0.15, -0.1) is 4.40 Å². The lowest BCUT2D eigenvalue weighted by Gasteiger charge is -2.37. The number of hydrogen-bond acceptors (Lipinski definition) is 6. The largest absolute Gasteiger partial charge is 0.497 e. The van der Waals surface area contributed by atoms with Crippen LogP contribution < -0.4 is 24.8 Å². The highest BCUT2D eigenvalue weighted by atomic mass is 32.2. The number of anilines is 2. The van der Waals surface area contributed by atoms with Gasteiger partial charge >= 0.3 is 10.2 Å². The third-order valence-corrected chi connectivity index (χ3v) is 6.03. The molecule has 8 nitrogen and oxygen atoms in total. The van der Waals surface area contributed by atoms with Crippen molar-refractivity contribution in [2.24, 2.45) is 10.1 Å². The van der Waals surface area contributed by atoms with E-state index in [0.717, 1.165) is 37.2 Å². The fourth-order valence-corrected chi connectivity index (χ4v) is 4.57. The molecule has 0 aliphatic carbocycles. The van der Waals surface area contributed by atoms with Gasteiger partial charge in [0.15, 0.2) is 5.84 Å². The quantitative estimate of drug-likeness (QED) is 0.776. The van der Waals surface area contributed by atoms with E-state index in [1.807, 2.05) is 18.2 Å². The third-order valence-electron chi connectivity index (χ3n) is 5.11. The fraction of sp³-hybridized carbons (Fsp3) is 0.350. The van der Waals surface area contributed by atoms with Crippen LogP contribution in [-0.4, -0.2) is 40.6 Å². The summed E-state index contributed by atoms with van der Waals surface area (Å²) in [4.78, 5) is 2.29. The lowest BCUT2D eigenvalue weighted by atomic mass is 10.0. The average molecular weight is 415 g/mol. The van der Waals surface area contributed by atoms with Gasteiger partial charge in [-0.25, -0.2) is 0 Å². The number of nitrogens with one attached hydrogen (secondary N) is 1. The molecule has 1 atom stereocenters. The molecular weight excluding hydrogens is 392 g/mol. The molecule has 0 unspecified atom stereocenters. The number of methoxy groups -OCH3 is 1. The Kier molecular flexibility index (Phi) is 5.23. The molecule has 0 bridgehead atoms. The van der Waals surface area contributed by atoms with Crippen LogP contribution in [0.4, 0.5) is 11.4 Å². The number of hydrogen-bond donors (Lipinski definition) is 2. The highest BCUT2D eigenvalue weighted by molar-refractivity contribution is 7.91. The molecule has 1 saturated heterocycles. The summed E-state index contributed by atoms with van der Waals surface area (Å²) >= 11 is 0. The van der Waals surface area contributed by atoms with E-state index < -0.39 is 10.2 Å². The lowest BCUT2D eigenvalue weighted by Crippen LogP contribution is -2.43. The minimum absolute atomic E-state index is 0.0710. The summed E-state index contributed by atoms with van der Waals surface area (Å²) < 4.78 is 40.7. The number of piperidine rings is 1. The Labute approximate surface area is 170 Å². The highest BCUT2D eigenvalue weighted by Gasteiger charge is 2.27. The van der Waals surface area contributed by atoms with Crippen molar-refractivity contribution in [3.63, 3.8) is 0 Å². The standard InChI is InChI=1S/C20H23N4O4S/c1-27-16-10-8-14(9-11-16)24-12-3-2-5-15(24)13-28-18-7-4-6-17-19(18)20(21)23-29(25,26)22-17/h4,6-8,10-11,15,22H,2-3,5,12-13H2,1H3,(H2,21,23)/t15-/m1/s1. The van der Waals surface area contributed by atoms with E-state index in [4.69, 9.17) is 15.2 Å². The fourth-order valence-electron chi connectivity index (χ4n) is 3.72. The number of rotatable bonds is 5. The van der Waals surface area contributed by atoms with Crippen molar-refractivity contribution >= 4 is 27.4 Å². The molecular formula is C20H23N4O4S. The zero-order chi connectivity index (χ0) is 20.4. The molecule has 4 rings (SSSR count). The number of benzene rings is 2. The van der Waals surface area contributed by atoms with Crippen molar-refractivity contribution in [1.82, 2.24) is 0 Å². The maximum Gasteiger partial charge on any atom is 0.344 e. The summed E-state index contributed by atoms with van der Waals surface area (Å²) in [5.74, 6) is 1.21. The van der Waals surface area contributed by atoms with Gasteiger partial charge in [-0.1, -0.05) is 6.07 Å². The first kappa shape index (κ1) is 19.4. The minimum atomic E-state index is -3.81. The molecule has 2 aliphatic rings. The van der Waals surface area contributed by atoms with Crippen LogP contribution in [0.1, 0.15) is 24.8 Å². The van der Waals surface area contributed by atoms with E-state index in [2.05, 4.69) is 20.1 Å². The van der Waals surface area contributed by atoms with E-state index in [-0.39, 0.29) is 11.9 Å². The second-order valence-corrected chi connectivity index (χ2v) is 8.34. The molecule has 0 spiro atoms. The molecule has 153 valence electrons. The molecule has 0 saturated carbocycles. The first-order chi connectivity index (χ1) is 14.0. The Morgan fingerprint density at radius 1 is 1.31 bits per heavy atom. The molecule has 2 aromatic carbocycles. The van der Waals surface area contributed by atoms with Crippen LogP contribution in [0, 0.1) is 6.07 Å². The maximum absolute atomic E-state index is 11.7. The molecule has 3 N–H and O–H groups in total. The highest BCUT2D eigenvalue weighted by Crippen LogP contribution is 2.32. The van der Waals surface area contributed by atoms with Gasteiger partial charge in [-0.3, -0.25) is 4.72 Å². The van der Waals surface area contributed by atoms with Crippen molar-refractivity contribution in [3.05, 3.63) is 48.0 Å². The summed E-state index contributed by atoms with van der Waals surface area (Å²) in [7, 11) is -2.18. The number of amidine groups is 1. The van der Waals surface area contributed by atoms with Crippen LogP contribution in [0.5, 0.6) is 11.5 Å². The van der Waals surface area contributed by atoms with E-state index in [9.17, 15) is 8.42 Å². The normalized spacial score (nSPS) is 20.2. The Morgan fingerprint density at radius 3 is 2.93 bits per heavy atom. The predicted octanol–water partition coefficient (Wildman–Crippen LogP) is 2.31. The third kappa shape index (κ3) is 4.09. The molecule has 2 aromatic rings. The molecule has 29 heavy (non-hydrogen) atoms. The van der Waals surface area contributed by atoms with Gasteiger partial charge in [0.1, 0.15) is 18.1 Å². The predicted molar refractivity (Wildman–Crippen MR) is 112 cm³/mol. The summed E-state index contributed by atoms with van der Waals surface area (Å²) in [6, 6.07) is 14.3. The van der Waals surface area contributed by atoms with Crippen LogP contribution in [0.2, 0.25) is 0 Å². The summed E-state index contributed by atoms with van der Waals surface area (Å²) in [6.07, 6.45) is 3.22. The van der Waals surface area contributed by atoms with Gasteiger partial charge in [-0.05, 0) is 49.6 Å². The van der Waals surface area contributed by atoms with Crippen LogP contribution in [0.15, 0.2) is 40.8 Å². The molecule has 0 aromatic heterocycles. The Hall–Kier alpha value is -2.94. The van der Waals surface area contributed by atoms with Gasteiger partial charge in [0, 0.05) is 18.3 Å². The topological polar surface area (TPSA) is 106 Å². The van der Waals surface area contributed by atoms with E-state index >= 15 is 0 Å². The van der Waals surface area contributed by atoms with Gasteiger partial charge in [0.05, 0.1) is 24.4 Å². The van der Waals surface area contributed by atoms with Crippen molar-refractivity contribution in [1.29, 1.82) is 0 Å². The van der Waals surface area contributed by atoms with Crippen LogP contribution in [-0.2, 0) is 10.2 Å². The Bertz CT molecular complexity index is 1020. The zero-order valence-corrected chi connectivity index (χ0v) is 16.9. The average Bonchev–Trinajstić information content (AvgIpc) is 2.71. The van der Waals surface area contributed by atoms with Gasteiger partial charge in [0.2, 0.25) is 0 Å². The second-order valence-electron chi connectivity index (χ2n) is 7.00. The van der Waals surface area contributed by atoms with E-state index in [1.165, 1.54) is 0 Å². The van der Waals surface area contributed by atoms with Crippen LogP contribution in [0.25, 0.3) is 0 Å². The van der Waals surface area contributed by atoms with Crippen molar-refractivity contribution < 1.29 is 17.9 Å². The smallest absolute Gasteiger partial charge is 0.344 e. The Balaban J connectivity index is 1.53. The minimum Gasteiger partial charge on any atom is -0.497 e.